The van der Waals surface area contributed by atoms with Crippen LogP contribution in [0.15, 0.2) is 0 Å². The summed E-state index contributed by atoms with van der Waals surface area (Å²) in [6.45, 7) is 5.93. The van der Waals surface area contributed by atoms with Gasteiger partial charge in [-0.2, -0.15) is 0 Å². The van der Waals surface area contributed by atoms with Gasteiger partial charge in [-0.05, 0) is 12.8 Å². The number of quaternary nitrogens is 1. The summed E-state index contributed by atoms with van der Waals surface area (Å²) in [6, 6.07) is 0. The van der Waals surface area contributed by atoms with Gasteiger partial charge in [0.15, 0.2) is 6.54 Å². The Morgan fingerprint density at radius 1 is 0.955 bits per heavy atom. The lowest BCUT2D eigenvalue weighted by molar-refractivity contribution is -0.926. The maximum absolute atomic E-state index is 11.5. The van der Waals surface area contributed by atoms with Crippen molar-refractivity contribution in [2.45, 2.75) is 71.1 Å². The zero-order chi connectivity index (χ0) is 16.1. The van der Waals surface area contributed by atoms with Crippen LogP contribution in [-0.2, 0) is 9.53 Å². The monoisotopic (exact) mass is 314 g/mol. The number of carbonyl (C=O) groups excluding carboxylic acids is 1. The summed E-state index contributed by atoms with van der Waals surface area (Å²) in [7, 11) is 0. The quantitative estimate of drug-likeness (QED) is 0.322. The molecule has 1 saturated heterocycles. The standard InChI is InChI=1S/C18H36NO3/c1-2-3-4-5-6-7-8-9-10-11-12-19(13-15-20)14-16-22-18(21)17-19/h20H,2-17H2,1H3/q+1. The lowest BCUT2D eigenvalue weighted by atomic mass is 10.1. The average Bonchev–Trinajstić information content (AvgIpc) is 2.49. The molecule has 1 fully saturated rings. The van der Waals surface area contributed by atoms with Gasteiger partial charge in [0.25, 0.3) is 0 Å². The van der Waals surface area contributed by atoms with Crippen molar-refractivity contribution in [3.8, 4) is 0 Å². The van der Waals surface area contributed by atoms with Crippen molar-refractivity contribution < 1.29 is 19.1 Å². The highest BCUT2D eigenvalue weighted by molar-refractivity contribution is 5.71. The molecule has 0 aromatic rings. The van der Waals surface area contributed by atoms with E-state index in [2.05, 4.69) is 6.92 Å². The first-order valence-electron chi connectivity index (χ1n) is 9.34. The smallest absolute Gasteiger partial charge is 0.362 e. The van der Waals surface area contributed by atoms with Gasteiger partial charge in [0.2, 0.25) is 0 Å². The van der Waals surface area contributed by atoms with Crippen molar-refractivity contribution >= 4 is 5.97 Å². The molecule has 0 radical (unpaired) electrons. The number of carbonyl (C=O) groups is 1. The van der Waals surface area contributed by atoms with E-state index >= 15 is 0 Å². The van der Waals surface area contributed by atoms with Crippen LogP contribution >= 0.6 is 0 Å². The Hall–Kier alpha value is -0.610. The summed E-state index contributed by atoms with van der Waals surface area (Å²) in [5.41, 5.74) is 0. The van der Waals surface area contributed by atoms with Gasteiger partial charge in [0, 0.05) is 0 Å². The third kappa shape index (κ3) is 8.14. The molecule has 1 atom stereocenters. The minimum Gasteiger partial charge on any atom is -0.456 e. The second-order valence-electron chi connectivity index (χ2n) is 6.80. The largest absolute Gasteiger partial charge is 0.456 e. The van der Waals surface area contributed by atoms with E-state index in [1.165, 1.54) is 57.8 Å². The Balaban J connectivity index is 2.05. The second kappa shape index (κ2) is 11.9. The zero-order valence-electron chi connectivity index (χ0n) is 14.5. The molecule has 4 nitrogen and oxygen atoms in total. The number of rotatable bonds is 13. The number of morpholine rings is 1. The van der Waals surface area contributed by atoms with E-state index in [9.17, 15) is 9.90 Å². The van der Waals surface area contributed by atoms with Crippen molar-refractivity contribution in [1.82, 2.24) is 0 Å². The molecule has 0 aromatic carbocycles. The molecule has 0 amide bonds. The minimum absolute atomic E-state index is 0.105. The Morgan fingerprint density at radius 3 is 2.09 bits per heavy atom. The normalized spacial score (nSPS) is 21.8. The summed E-state index contributed by atoms with van der Waals surface area (Å²) in [5.74, 6) is -0.105. The second-order valence-corrected chi connectivity index (χ2v) is 6.80. The van der Waals surface area contributed by atoms with E-state index in [1.54, 1.807) is 0 Å². The van der Waals surface area contributed by atoms with Crippen molar-refractivity contribution in [1.29, 1.82) is 0 Å². The van der Waals surface area contributed by atoms with Crippen LogP contribution in [0.5, 0.6) is 0 Å². The molecular formula is C18H36NO3+. The molecule has 130 valence electrons. The van der Waals surface area contributed by atoms with Gasteiger partial charge in [-0.3, -0.25) is 0 Å². The zero-order valence-corrected chi connectivity index (χ0v) is 14.5. The van der Waals surface area contributed by atoms with Crippen LogP contribution in [-0.4, -0.2) is 55.0 Å². The van der Waals surface area contributed by atoms with E-state index in [0.29, 0.717) is 19.7 Å². The number of hydrogen-bond donors (Lipinski definition) is 1. The number of ether oxygens (including phenoxy) is 1. The van der Waals surface area contributed by atoms with Crippen LogP contribution < -0.4 is 0 Å². The minimum atomic E-state index is -0.105. The van der Waals surface area contributed by atoms with Gasteiger partial charge in [-0.25, -0.2) is 4.79 Å². The first kappa shape index (κ1) is 19.4. The van der Waals surface area contributed by atoms with Gasteiger partial charge in [-0.1, -0.05) is 58.3 Å². The highest BCUT2D eigenvalue weighted by atomic mass is 16.5. The van der Waals surface area contributed by atoms with Crippen LogP contribution in [0.1, 0.15) is 71.1 Å². The molecule has 1 unspecified atom stereocenters. The molecule has 1 heterocycles. The molecule has 0 saturated carbocycles. The van der Waals surface area contributed by atoms with Gasteiger partial charge >= 0.3 is 5.97 Å². The molecule has 1 N–H and O–H groups in total. The highest BCUT2D eigenvalue weighted by Crippen LogP contribution is 2.16. The van der Waals surface area contributed by atoms with Crippen molar-refractivity contribution in [2.24, 2.45) is 0 Å². The Labute approximate surface area is 136 Å². The SMILES string of the molecule is CCCCCCCCCCCC[N+]1(CCO)CCOC(=O)C1. The van der Waals surface area contributed by atoms with Crippen LogP contribution in [0.25, 0.3) is 0 Å². The topological polar surface area (TPSA) is 46.5 Å². The summed E-state index contributed by atoms with van der Waals surface area (Å²) in [4.78, 5) is 11.5. The lowest BCUT2D eigenvalue weighted by Crippen LogP contribution is -2.58. The summed E-state index contributed by atoms with van der Waals surface area (Å²) < 4.78 is 5.77. The van der Waals surface area contributed by atoms with E-state index in [4.69, 9.17) is 4.74 Å². The van der Waals surface area contributed by atoms with Crippen LogP contribution in [0.4, 0.5) is 0 Å². The molecule has 0 spiro atoms. The molecule has 22 heavy (non-hydrogen) atoms. The molecule has 0 aliphatic carbocycles. The number of unbranched alkanes of at least 4 members (excludes halogenated alkanes) is 9. The maximum Gasteiger partial charge on any atom is 0.362 e. The Bertz CT molecular complexity index is 292. The fourth-order valence-electron chi connectivity index (χ4n) is 3.39. The van der Waals surface area contributed by atoms with E-state index < -0.39 is 0 Å². The van der Waals surface area contributed by atoms with Gasteiger partial charge in [-0.15, -0.1) is 0 Å². The fourth-order valence-corrected chi connectivity index (χ4v) is 3.39. The van der Waals surface area contributed by atoms with Crippen molar-refractivity contribution in [3.63, 3.8) is 0 Å². The van der Waals surface area contributed by atoms with Gasteiger partial charge in [0.05, 0.1) is 13.2 Å². The average molecular weight is 314 g/mol. The van der Waals surface area contributed by atoms with Gasteiger partial charge < -0.3 is 14.3 Å². The number of cyclic esters (lactones) is 1. The van der Waals surface area contributed by atoms with E-state index in [0.717, 1.165) is 24.0 Å². The predicted molar refractivity (Wildman–Crippen MR) is 89.6 cm³/mol. The predicted octanol–water partition coefficient (Wildman–Crippen LogP) is 3.27. The van der Waals surface area contributed by atoms with Crippen LogP contribution in [0, 0.1) is 0 Å². The molecule has 1 aliphatic heterocycles. The fraction of sp³-hybridized carbons (Fsp3) is 0.944. The summed E-state index contributed by atoms with van der Waals surface area (Å²) in [5, 5.41) is 9.26. The molecule has 0 aromatic heterocycles. The van der Waals surface area contributed by atoms with Crippen molar-refractivity contribution in [3.05, 3.63) is 0 Å². The number of hydrogen-bond acceptors (Lipinski definition) is 3. The first-order valence-corrected chi connectivity index (χ1v) is 9.34. The van der Waals surface area contributed by atoms with Crippen LogP contribution in [0.2, 0.25) is 0 Å². The third-order valence-corrected chi connectivity index (χ3v) is 4.85. The number of aliphatic hydroxyl groups excluding tert-OH is 1. The van der Waals surface area contributed by atoms with E-state index in [1.807, 2.05) is 0 Å². The first-order chi connectivity index (χ1) is 10.7. The molecular weight excluding hydrogens is 278 g/mol. The molecule has 1 rings (SSSR count). The summed E-state index contributed by atoms with van der Waals surface area (Å²) in [6.07, 6.45) is 13.3. The molecule has 1 aliphatic rings. The number of esters is 1. The Kier molecular flexibility index (Phi) is 10.5. The van der Waals surface area contributed by atoms with Crippen LogP contribution in [0.3, 0.4) is 0 Å². The summed E-state index contributed by atoms with van der Waals surface area (Å²) >= 11 is 0. The van der Waals surface area contributed by atoms with E-state index in [-0.39, 0.29) is 12.6 Å². The highest BCUT2D eigenvalue weighted by Gasteiger charge is 2.34. The molecule has 4 heteroatoms. The van der Waals surface area contributed by atoms with Crippen molar-refractivity contribution in [2.75, 3.05) is 39.4 Å². The van der Waals surface area contributed by atoms with Gasteiger partial charge in [0.1, 0.15) is 19.7 Å². The lowest BCUT2D eigenvalue weighted by Gasteiger charge is -2.39. The Morgan fingerprint density at radius 2 is 1.55 bits per heavy atom. The number of nitrogens with zero attached hydrogens (tertiary/aromatic N) is 1. The molecule has 0 bridgehead atoms. The third-order valence-electron chi connectivity index (χ3n) is 4.85. The maximum atomic E-state index is 11.5. The number of aliphatic hydroxyl groups is 1.